The summed E-state index contributed by atoms with van der Waals surface area (Å²) in [6.45, 7) is 5.59. The number of nitrogens with one attached hydrogen (secondary N) is 2. The van der Waals surface area contributed by atoms with Crippen molar-refractivity contribution in [2.24, 2.45) is 7.05 Å². The van der Waals surface area contributed by atoms with Crippen LogP contribution < -0.4 is 16.5 Å². The maximum absolute atomic E-state index is 13.6. The molecule has 0 spiro atoms. The predicted octanol–water partition coefficient (Wildman–Crippen LogP) is 4.92. The van der Waals surface area contributed by atoms with Crippen molar-refractivity contribution in [1.29, 1.82) is 0 Å². The first-order chi connectivity index (χ1) is 18.7. The lowest BCUT2D eigenvalue weighted by Gasteiger charge is -2.20. The maximum Gasteiger partial charge on any atom is 0.439 e. The van der Waals surface area contributed by atoms with Crippen LogP contribution in [0.25, 0.3) is 45.0 Å². The third kappa shape index (κ3) is 4.26. The van der Waals surface area contributed by atoms with Crippen LogP contribution in [0.3, 0.4) is 0 Å². The lowest BCUT2D eigenvalue weighted by molar-refractivity contribution is 0.388. The highest BCUT2D eigenvalue weighted by Crippen LogP contribution is 2.34. The van der Waals surface area contributed by atoms with E-state index in [0.29, 0.717) is 44.9 Å². The molecular weight excluding hydrogens is 522 g/mol. The molecule has 2 N–H and O–H groups in total. The lowest BCUT2D eigenvalue weighted by atomic mass is 9.99. The molecule has 1 atom stereocenters. The van der Waals surface area contributed by atoms with Crippen molar-refractivity contribution < 1.29 is 8.94 Å². The fraction of sp³-hybridized carbons (Fsp3) is 0.185. The highest BCUT2D eigenvalue weighted by molar-refractivity contribution is 6.29. The van der Waals surface area contributed by atoms with Crippen LogP contribution in [0.15, 0.2) is 61.1 Å². The molecular formula is C27H22ClN7O4. The number of hydrogen-bond acceptors (Lipinski definition) is 9. The standard InChI is InChI=1S/C27H22ClN7O4/c1-12-9-15(14(3)30-17-6-8-21(28)32-22(17)26-33-27(37)39-34-26)25-16(10-12)23(36)13(2)24(38-25)18-5-7-20-19(31-18)11-29-35(20)4/h5-11,14,30H,1-4H3,(H,33,34,37)/t14-/m1/s1. The van der Waals surface area contributed by atoms with Crippen LogP contribution in [0, 0.1) is 13.8 Å². The van der Waals surface area contributed by atoms with E-state index in [4.69, 9.17) is 21.0 Å². The summed E-state index contributed by atoms with van der Waals surface area (Å²) in [5.41, 5.74) is 5.39. The minimum Gasteiger partial charge on any atom is -0.454 e. The van der Waals surface area contributed by atoms with Crippen molar-refractivity contribution >= 4 is 39.3 Å². The summed E-state index contributed by atoms with van der Waals surface area (Å²) in [4.78, 5) is 36.6. The van der Waals surface area contributed by atoms with Gasteiger partial charge < -0.3 is 9.73 Å². The van der Waals surface area contributed by atoms with Gasteiger partial charge >= 0.3 is 5.76 Å². The van der Waals surface area contributed by atoms with Gasteiger partial charge in [0.15, 0.2) is 11.2 Å². The van der Waals surface area contributed by atoms with E-state index >= 15 is 0 Å². The van der Waals surface area contributed by atoms with Gasteiger partial charge in [0.2, 0.25) is 5.82 Å². The topological polar surface area (TPSA) is 145 Å². The summed E-state index contributed by atoms with van der Waals surface area (Å²) in [5.74, 6) is -0.185. The van der Waals surface area contributed by atoms with Gasteiger partial charge in [-0.3, -0.25) is 19.0 Å². The summed E-state index contributed by atoms with van der Waals surface area (Å²) in [6, 6.07) is 10.5. The number of fused-ring (bicyclic) bond motifs is 2. The number of nitrogens with zero attached hydrogens (tertiary/aromatic N) is 5. The number of aryl methyl sites for hydroxylation is 2. The molecule has 0 aliphatic rings. The zero-order chi connectivity index (χ0) is 27.4. The number of halogens is 1. The molecule has 0 radical (unpaired) electrons. The second-order valence-electron chi connectivity index (χ2n) is 9.32. The molecule has 5 heterocycles. The van der Waals surface area contributed by atoms with E-state index in [2.05, 4.69) is 30.1 Å². The average Bonchev–Trinajstić information content (AvgIpc) is 3.52. The lowest BCUT2D eigenvalue weighted by Crippen LogP contribution is -2.13. The molecule has 0 saturated carbocycles. The number of H-pyrrole nitrogens is 1. The van der Waals surface area contributed by atoms with E-state index in [-0.39, 0.29) is 22.4 Å². The minimum atomic E-state index is -0.710. The molecule has 12 heteroatoms. The zero-order valence-electron chi connectivity index (χ0n) is 21.4. The Morgan fingerprint density at radius 2 is 1.92 bits per heavy atom. The van der Waals surface area contributed by atoms with Crippen molar-refractivity contribution in [2.75, 3.05) is 5.32 Å². The molecule has 39 heavy (non-hydrogen) atoms. The van der Waals surface area contributed by atoms with Crippen molar-refractivity contribution in [3.63, 3.8) is 0 Å². The first kappa shape index (κ1) is 24.6. The Labute approximate surface area is 225 Å². The summed E-state index contributed by atoms with van der Waals surface area (Å²) in [6.07, 6.45) is 1.67. The number of hydrogen-bond donors (Lipinski definition) is 2. The van der Waals surface area contributed by atoms with E-state index in [1.807, 2.05) is 45.2 Å². The van der Waals surface area contributed by atoms with E-state index in [0.717, 1.165) is 16.6 Å². The van der Waals surface area contributed by atoms with E-state index < -0.39 is 5.76 Å². The molecule has 0 aliphatic carbocycles. The maximum atomic E-state index is 13.6. The van der Waals surface area contributed by atoms with Crippen LogP contribution in [-0.2, 0) is 7.05 Å². The summed E-state index contributed by atoms with van der Waals surface area (Å²) < 4.78 is 12.8. The second-order valence-corrected chi connectivity index (χ2v) is 9.71. The Kier molecular flexibility index (Phi) is 5.80. The van der Waals surface area contributed by atoms with Gasteiger partial charge in [0, 0.05) is 18.2 Å². The first-order valence-corrected chi connectivity index (χ1v) is 12.4. The summed E-state index contributed by atoms with van der Waals surface area (Å²) >= 11 is 6.12. The fourth-order valence-electron chi connectivity index (χ4n) is 4.67. The first-order valence-electron chi connectivity index (χ1n) is 12.1. The monoisotopic (exact) mass is 543 g/mol. The van der Waals surface area contributed by atoms with Crippen LogP contribution in [-0.4, -0.2) is 29.9 Å². The SMILES string of the molecule is Cc1cc([C@@H](C)Nc2ccc(Cl)nc2-c2noc(=O)[nH]2)c2oc(-c3ccc4c(cnn4C)n3)c(C)c(=O)c2c1. The quantitative estimate of drug-likeness (QED) is 0.289. The summed E-state index contributed by atoms with van der Waals surface area (Å²) in [5, 5.41) is 12.1. The number of aromatic amines is 1. The van der Waals surface area contributed by atoms with Gasteiger partial charge in [-0.1, -0.05) is 22.8 Å². The number of rotatable bonds is 5. The van der Waals surface area contributed by atoms with E-state index in [1.165, 1.54) is 0 Å². The van der Waals surface area contributed by atoms with E-state index in [9.17, 15) is 9.59 Å². The average molecular weight is 544 g/mol. The van der Waals surface area contributed by atoms with Gasteiger partial charge in [0.1, 0.15) is 27.6 Å². The third-order valence-electron chi connectivity index (χ3n) is 6.59. The molecule has 0 bridgehead atoms. The largest absolute Gasteiger partial charge is 0.454 e. The zero-order valence-corrected chi connectivity index (χ0v) is 22.1. The van der Waals surface area contributed by atoms with Gasteiger partial charge in [0.05, 0.1) is 28.8 Å². The highest BCUT2D eigenvalue weighted by Gasteiger charge is 2.22. The van der Waals surface area contributed by atoms with Crippen LogP contribution >= 0.6 is 11.6 Å². The van der Waals surface area contributed by atoms with Crippen molar-refractivity contribution in [2.45, 2.75) is 26.8 Å². The van der Waals surface area contributed by atoms with Crippen LogP contribution in [0.1, 0.15) is 29.7 Å². The third-order valence-corrected chi connectivity index (χ3v) is 6.80. The molecule has 0 unspecified atom stereocenters. The van der Waals surface area contributed by atoms with Gasteiger partial charge in [0.25, 0.3) is 0 Å². The molecule has 0 fully saturated rings. The molecule has 6 aromatic rings. The number of anilines is 1. The number of pyridine rings is 2. The van der Waals surface area contributed by atoms with Crippen LogP contribution in [0.4, 0.5) is 5.69 Å². The molecule has 6 rings (SSSR count). The van der Waals surface area contributed by atoms with Gasteiger partial charge in [-0.25, -0.2) is 14.8 Å². The Bertz CT molecular complexity index is 2020. The molecule has 0 amide bonds. The Hall–Kier alpha value is -4.77. The van der Waals surface area contributed by atoms with Crippen molar-refractivity contribution in [3.8, 4) is 23.0 Å². The number of aromatic nitrogens is 6. The van der Waals surface area contributed by atoms with Crippen LogP contribution in [0.5, 0.6) is 0 Å². The molecule has 1 aromatic carbocycles. The molecule has 196 valence electrons. The van der Waals surface area contributed by atoms with Crippen molar-refractivity contribution in [1.82, 2.24) is 29.9 Å². The smallest absolute Gasteiger partial charge is 0.439 e. The minimum absolute atomic E-state index is 0.132. The summed E-state index contributed by atoms with van der Waals surface area (Å²) in [7, 11) is 1.84. The molecule has 5 aromatic heterocycles. The Morgan fingerprint density at radius 1 is 1.10 bits per heavy atom. The molecule has 0 saturated heterocycles. The predicted molar refractivity (Wildman–Crippen MR) is 147 cm³/mol. The molecule has 0 aliphatic heterocycles. The normalized spacial score (nSPS) is 12.3. The van der Waals surface area contributed by atoms with Gasteiger partial charge in [-0.15, -0.1) is 0 Å². The molecule has 11 nitrogen and oxygen atoms in total. The Balaban J connectivity index is 1.49. The number of benzene rings is 1. The van der Waals surface area contributed by atoms with E-state index in [1.54, 1.807) is 29.9 Å². The van der Waals surface area contributed by atoms with Gasteiger partial charge in [-0.05, 0) is 56.7 Å². The van der Waals surface area contributed by atoms with Crippen LogP contribution in [0.2, 0.25) is 5.15 Å². The fourth-order valence-corrected chi connectivity index (χ4v) is 4.82. The van der Waals surface area contributed by atoms with Gasteiger partial charge in [-0.2, -0.15) is 5.10 Å². The highest BCUT2D eigenvalue weighted by atomic mass is 35.5. The van der Waals surface area contributed by atoms with Crippen molar-refractivity contribution in [3.05, 3.63) is 85.2 Å². The Morgan fingerprint density at radius 3 is 2.69 bits per heavy atom. The second kappa shape index (κ2) is 9.21.